The van der Waals surface area contributed by atoms with Gasteiger partial charge in [-0.2, -0.15) is 0 Å². The summed E-state index contributed by atoms with van der Waals surface area (Å²) in [7, 11) is 3.49. The van der Waals surface area contributed by atoms with Crippen molar-refractivity contribution in [2.24, 2.45) is 0 Å². The lowest BCUT2D eigenvalue weighted by molar-refractivity contribution is -0.133. The molecule has 23 heavy (non-hydrogen) atoms. The predicted molar refractivity (Wildman–Crippen MR) is 92.8 cm³/mol. The van der Waals surface area contributed by atoms with Crippen LogP contribution in [0.25, 0.3) is 0 Å². The number of nitrogens with one attached hydrogen (secondary N) is 1. The first-order valence-electron chi connectivity index (χ1n) is 7.81. The van der Waals surface area contributed by atoms with Crippen LogP contribution in [0.5, 0.6) is 0 Å². The number of benzene rings is 1. The van der Waals surface area contributed by atoms with Gasteiger partial charge in [-0.3, -0.25) is 14.5 Å². The summed E-state index contributed by atoms with van der Waals surface area (Å²) in [6, 6.07) is 3.61. The summed E-state index contributed by atoms with van der Waals surface area (Å²) in [5.74, 6) is -0.0860. The fourth-order valence-electron chi connectivity index (χ4n) is 3.03. The largest absolute Gasteiger partial charge is 0.347 e. The molecule has 1 heterocycles. The molecule has 0 aromatic heterocycles. The Morgan fingerprint density at radius 2 is 2.04 bits per heavy atom. The number of carbonyl (C=O) groups excluding carboxylic acids is 2. The Morgan fingerprint density at radius 1 is 1.35 bits per heavy atom. The second-order valence-corrected chi connectivity index (χ2v) is 6.76. The zero-order valence-corrected chi connectivity index (χ0v) is 14.9. The van der Waals surface area contributed by atoms with Crippen LogP contribution in [0.4, 0.5) is 5.69 Å². The number of amides is 2. The van der Waals surface area contributed by atoms with Crippen molar-refractivity contribution in [2.45, 2.75) is 32.7 Å². The van der Waals surface area contributed by atoms with Gasteiger partial charge in [0.15, 0.2) is 0 Å². The van der Waals surface area contributed by atoms with Crippen molar-refractivity contribution in [1.82, 2.24) is 9.80 Å². The molecule has 0 saturated carbocycles. The van der Waals surface area contributed by atoms with Crippen molar-refractivity contribution in [1.29, 1.82) is 0 Å². The summed E-state index contributed by atoms with van der Waals surface area (Å²) < 4.78 is 0. The Bertz CT molecular complexity index is 593. The highest BCUT2D eigenvalue weighted by Crippen LogP contribution is 2.27. The predicted octanol–water partition coefficient (Wildman–Crippen LogP) is 2.45. The van der Waals surface area contributed by atoms with E-state index in [1.165, 1.54) is 0 Å². The molecule has 1 aromatic carbocycles. The highest BCUT2D eigenvalue weighted by atomic mass is 35.5. The maximum atomic E-state index is 12.4. The molecule has 1 aromatic rings. The van der Waals surface area contributed by atoms with Crippen LogP contribution in [0.3, 0.4) is 0 Å². The molecule has 0 aliphatic carbocycles. The Hall–Kier alpha value is -1.59. The number of nitrogens with zero attached hydrogens (tertiary/aromatic N) is 2. The van der Waals surface area contributed by atoms with Crippen molar-refractivity contribution in [3.63, 3.8) is 0 Å². The molecule has 0 bridgehead atoms. The molecule has 0 unspecified atom stereocenters. The van der Waals surface area contributed by atoms with Gasteiger partial charge in [0.05, 0.1) is 23.3 Å². The smallest absolute Gasteiger partial charge is 0.239 e. The van der Waals surface area contributed by atoms with Gasteiger partial charge in [0.25, 0.3) is 0 Å². The fourth-order valence-corrected chi connectivity index (χ4v) is 3.40. The number of carbonyl (C=O) groups is 2. The van der Waals surface area contributed by atoms with E-state index in [0.717, 1.165) is 30.5 Å². The lowest BCUT2D eigenvalue weighted by atomic mass is 10.1. The van der Waals surface area contributed by atoms with Crippen LogP contribution in [0.1, 0.15) is 24.0 Å². The monoisotopic (exact) mass is 337 g/mol. The molecule has 1 N–H and O–H groups in total. The van der Waals surface area contributed by atoms with Gasteiger partial charge >= 0.3 is 0 Å². The van der Waals surface area contributed by atoms with Crippen LogP contribution in [-0.2, 0) is 9.59 Å². The molecule has 0 radical (unpaired) electrons. The molecule has 1 saturated heterocycles. The lowest BCUT2D eigenvalue weighted by Crippen LogP contribution is -2.45. The molecule has 2 rings (SSSR count). The Labute approximate surface area is 142 Å². The molecule has 1 fully saturated rings. The molecular formula is C17H24ClN3O2. The van der Waals surface area contributed by atoms with E-state index >= 15 is 0 Å². The lowest BCUT2D eigenvalue weighted by Gasteiger charge is -2.25. The van der Waals surface area contributed by atoms with Crippen LogP contribution in [0.2, 0.25) is 5.02 Å². The average Bonchev–Trinajstić information content (AvgIpc) is 2.89. The molecule has 6 heteroatoms. The average molecular weight is 338 g/mol. The van der Waals surface area contributed by atoms with Gasteiger partial charge in [0, 0.05) is 14.1 Å². The second kappa shape index (κ2) is 7.32. The molecular weight excluding hydrogens is 314 g/mol. The normalized spacial score (nSPS) is 18.0. The highest BCUT2D eigenvalue weighted by Gasteiger charge is 2.32. The van der Waals surface area contributed by atoms with E-state index in [2.05, 4.69) is 5.32 Å². The summed E-state index contributed by atoms with van der Waals surface area (Å²) in [6.45, 7) is 4.85. The van der Waals surface area contributed by atoms with E-state index in [9.17, 15) is 9.59 Å². The molecule has 1 aliphatic heterocycles. The van der Waals surface area contributed by atoms with E-state index in [0.29, 0.717) is 10.7 Å². The summed E-state index contributed by atoms with van der Waals surface area (Å²) in [6.07, 6.45) is 1.73. The van der Waals surface area contributed by atoms with Crippen LogP contribution in [0.15, 0.2) is 12.1 Å². The van der Waals surface area contributed by atoms with E-state index in [-0.39, 0.29) is 24.4 Å². The number of hydrogen-bond acceptors (Lipinski definition) is 3. The molecule has 5 nitrogen and oxygen atoms in total. The molecule has 0 spiro atoms. The van der Waals surface area contributed by atoms with Gasteiger partial charge in [-0.1, -0.05) is 17.7 Å². The van der Waals surface area contributed by atoms with Crippen LogP contribution in [0, 0.1) is 13.8 Å². The van der Waals surface area contributed by atoms with Crippen molar-refractivity contribution in [2.75, 3.05) is 32.5 Å². The zero-order chi connectivity index (χ0) is 17.1. The van der Waals surface area contributed by atoms with E-state index in [4.69, 9.17) is 11.6 Å². The first-order valence-corrected chi connectivity index (χ1v) is 8.19. The number of likely N-dealkylation sites (tertiary alicyclic amines) is 1. The topological polar surface area (TPSA) is 52.7 Å². The minimum absolute atomic E-state index is 0.0554. The van der Waals surface area contributed by atoms with Gasteiger partial charge in [0.1, 0.15) is 0 Å². The van der Waals surface area contributed by atoms with Crippen LogP contribution >= 0.6 is 11.6 Å². The number of halogens is 1. The first-order chi connectivity index (χ1) is 10.8. The standard InChI is InChI=1S/C17H24ClN3O2/c1-11-8-12(2)16(13(18)9-11)19-15(22)10-21-7-5-6-14(21)17(23)20(3)4/h8-9,14H,5-7,10H2,1-4H3,(H,19,22)/t14-/m0/s1. The maximum Gasteiger partial charge on any atom is 0.239 e. The fraction of sp³-hybridized carbons (Fsp3) is 0.529. The zero-order valence-electron chi connectivity index (χ0n) is 14.1. The number of aryl methyl sites for hydroxylation is 2. The van der Waals surface area contributed by atoms with Crippen molar-refractivity contribution in [3.05, 3.63) is 28.3 Å². The van der Waals surface area contributed by atoms with Gasteiger partial charge in [-0.25, -0.2) is 0 Å². The summed E-state index contributed by atoms with van der Waals surface area (Å²) >= 11 is 6.23. The minimum atomic E-state index is -0.203. The van der Waals surface area contributed by atoms with Gasteiger partial charge < -0.3 is 10.2 Å². The SMILES string of the molecule is Cc1cc(C)c(NC(=O)CN2CCC[C@H]2C(=O)N(C)C)c(Cl)c1. The second-order valence-electron chi connectivity index (χ2n) is 6.35. The number of anilines is 1. The van der Waals surface area contributed by atoms with E-state index in [1.54, 1.807) is 19.0 Å². The van der Waals surface area contributed by atoms with Crippen LogP contribution < -0.4 is 5.32 Å². The van der Waals surface area contributed by atoms with Gasteiger partial charge in [-0.05, 0) is 50.4 Å². The van der Waals surface area contributed by atoms with Gasteiger partial charge in [-0.15, -0.1) is 0 Å². The molecule has 126 valence electrons. The quantitative estimate of drug-likeness (QED) is 0.918. The van der Waals surface area contributed by atoms with Crippen molar-refractivity contribution >= 4 is 29.1 Å². The van der Waals surface area contributed by atoms with Crippen molar-refractivity contribution in [3.8, 4) is 0 Å². The first kappa shape index (κ1) is 17.8. The van der Waals surface area contributed by atoms with Crippen molar-refractivity contribution < 1.29 is 9.59 Å². The maximum absolute atomic E-state index is 12.4. The third-order valence-corrected chi connectivity index (χ3v) is 4.43. The number of hydrogen-bond donors (Lipinski definition) is 1. The minimum Gasteiger partial charge on any atom is -0.347 e. The molecule has 2 amide bonds. The van der Waals surface area contributed by atoms with Gasteiger partial charge in [0.2, 0.25) is 11.8 Å². The van der Waals surface area contributed by atoms with Crippen LogP contribution in [-0.4, -0.2) is 54.8 Å². The summed E-state index contributed by atoms with van der Waals surface area (Å²) in [5, 5.41) is 3.42. The number of likely N-dealkylation sites (N-methyl/N-ethyl adjacent to an activating group) is 1. The Kier molecular flexibility index (Phi) is 5.65. The Morgan fingerprint density at radius 3 is 2.65 bits per heavy atom. The molecule has 1 aliphatic rings. The number of rotatable bonds is 4. The summed E-state index contributed by atoms with van der Waals surface area (Å²) in [5.41, 5.74) is 2.64. The Balaban J connectivity index is 2.04. The third kappa shape index (κ3) is 4.24. The van der Waals surface area contributed by atoms with E-state index < -0.39 is 0 Å². The highest BCUT2D eigenvalue weighted by molar-refractivity contribution is 6.34. The third-order valence-electron chi connectivity index (χ3n) is 4.13. The van der Waals surface area contributed by atoms with E-state index in [1.807, 2.05) is 30.9 Å². The summed E-state index contributed by atoms with van der Waals surface area (Å²) in [4.78, 5) is 28.1. The molecule has 1 atom stereocenters.